The van der Waals surface area contributed by atoms with E-state index in [1.54, 1.807) is 0 Å². The van der Waals surface area contributed by atoms with Gasteiger partial charge in [-0.3, -0.25) is 4.90 Å². The molecule has 0 spiro atoms. The molecule has 1 atom stereocenters. The zero-order valence-electron chi connectivity index (χ0n) is 8.34. The van der Waals surface area contributed by atoms with Crippen LogP contribution in [-0.2, 0) is 0 Å². The summed E-state index contributed by atoms with van der Waals surface area (Å²) in [5, 5.41) is 3.35. The van der Waals surface area contributed by atoms with Gasteiger partial charge in [-0.15, -0.1) is 0 Å². The minimum Gasteiger partial charge on any atom is -0.330 e. The van der Waals surface area contributed by atoms with Gasteiger partial charge in [0.15, 0.2) is 0 Å². The molecular weight excluding hydrogens is 162 g/mol. The van der Waals surface area contributed by atoms with Crippen molar-refractivity contribution in [3.8, 4) is 0 Å². The molecule has 13 heavy (non-hydrogen) atoms. The highest BCUT2D eigenvalue weighted by Crippen LogP contribution is 2.22. The fraction of sp³-hybridized carbons (Fsp3) is 1.00. The molecule has 76 valence electrons. The average Bonchev–Trinajstić information content (AvgIpc) is 2.05. The number of rotatable bonds is 3. The summed E-state index contributed by atoms with van der Waals surface area (Å²) < 4.78 is 0. The zero-order valence-corrected chi connectivity index (χ0v) is 8.34. The number of nitrogens with two attached hydrogens (primary N) is 1. The van der Waals surface area contributed by atoms with Crippen molar-refractivity contribution >= 4 is 0 Å². The van der Waals surface area contributed by atoms with Crippen LogP contribution in [0.4, 0.5) is 0 Å². The van der Waals surface area contributed by atoms with E-state index in [1.807, 2.05) is 0 Å². The molecule has 2 rings (SSSR count). The normalized spacial score (nSPS) is 31.6. The van der Waals surface area contributed by atoms with Crippen molar-refractivity contribution in [1.82, 2.24) is 10.2 Å². The zero-order chi connectivity index (χ0) is 9.10. The quantitative estimate of drug-likeness (QED) is 0.655. The van der Waals surface area contributed by atoms with E-state index in [0.29, 0.717) is 0 Å². The summed E-state index contributed by atoms with van der Waals surface area (Å²) in [5.41, 5.74) is 5.64. The highest BCUT2D eigenvalue weighted by atomic mass is 15.3. The Labute approximate surface area is 80.7 Å². The maximum absolute atomic E-state index is 5.64. The van der Waals surface area contributed by atoms with E-state index in [0.717, 1.165) is 18.6 Å². The van der Waals surface area contributed by atoms with Crippen molar-refractivity contribution in [1.29, 1.82) is 0 Å². The van der Waals surface area contributed by atoms with Gasteiger partial charge >= 0.3 is 0 Å². The summed E-state index contributed by atoms with van der Waals surface area (Å²) in [6, 6.07) is 1.60. The Kier molecular flexibility index (Phi) is 3.19. The lowest BCUT2D eigenvalue weighted by Gasteiger charge is -2.45. The number of hydrogen-bond donors (Lipinski definition) is 2. The van der Waals surface area contributed by atoms with E-state index in [-0.39, 0.29) is 0 Å². The Bertz CT molecular complexity index is 154. The van der Waals surface area contributed by atoms with Crippen molar-refractivity contribution in [2.75, 3.05) is 26.2 Å². The van der Waals surface area contributed by atoms with Gasteiger partial charge in [0.2, 0.25) is 0 Å². The molecule has 0 amide bonds. The van der Waals surface area contributed by atoms with Gasteiger partial charge in [0.25, 0.3) is 0 Å². The summed E-state index contributed by atoms with van der Waals surface area (Å²) in [6.45, 7) is 4.54. The van der Waals surface area contributed by atoms with E-state index in [9.17, 15) is 0 Å². The smallest absolute Gasteiger partial charge is 0.0348 e. The van der Waals surface area contributed by atoms with E-state index in [2.05, 4.69) is 10.2 Å². The Morgan fingerprint density at radius 1 is 1.31 bits per heavy atom. The van der Waals surface area contributed by atoms with Crippen LogP contribution in [0.3, 0.4) is 0 Å². The van der Waals surface area contributed by atoms with Crippen LogP contribution >= 0.6 is 0 Å². The fourth-order valence-electron chi connectivity index (χ4n) is 2.51. The largest absolute Gasteiger partial charge is 0.330 e. The third-order valence-electron chi connectivity index (χ3n) is 3.40. The van der Waals surface area contributed by atoms with Crippen LogP contribution in [0.15, 0.2) is 0 Å². The van der Waals surface area contributed by atoms with E-state index < -0.39 is 0 Å². The third kappa shape index (κ3) is 2.03. The van der Waals surface area contributed by atoms with Crippen LogP contribution in [-0.4, -0.2) is 43.2 Å². The fourth-order valence-corrected chi connectivity index (χ4v) is 2.51. The molecule has 0 bridgehead atoms. The first-order valence-corrected chi connectivity index (χ1v) is 5.58. The maximum Gasteiger partial charge on any atom is 0.0348 e. The lowest BCUT2D eigenvalue weighted by atomic mass is 9.95. The lowest BCUT2D eigenvalue weighted by Crippen LogP contribution is -2.61. The monoisotopic (exact) mass is 183 g/mol. The van der Waals surface area contributed by atoms with Crippen LogP contribution in [0.1, 0.15) is 25.7 Å². The molecule has 0 aromatic carbocycles. The Balaban J connectivity index is 1.87. The maximum atomic E-state index is 5.64. The SMILES string of the molecule is NCCC1CCCCN1C1CNC1. The molecular formula is C10H21N3. The molecule has 2 fully saturated rings. The molecule has 0 aromatic heterocycles. The Morgan fingerprint density at radius 2 is 2.15 bits per heavy atom. The molecule has 0 saturated carbocycles. The second-order valence-corrected chi connectivity index (χ2v) is 4.28. The van der Waals surface area contributed by atoms with Gasteiger partial charge in [0.05, 0.1) is 0 Å². The first kappa shape index (κ1) is 9.44. The summed E-state index contributed by atoms with van der Waals surface area (Å²) in [5.74, 6) is 0. The van der Waals surface area contributed by atoms with Gasteiger partial charge in [0.1, 0.15) is 0 Å². The summed E-state index contributed by atoms with van der Waals surface area (Å²) in [4.78, 5) is 2.69. The van der Waals surface area contributed by atoms with Crippen molar-refractivity contribution in [3.63, 3.8) is 0 Å². The van der Waals surface area contributed by atoms with Crippen molar-refractivity contribution in [3.05, 3.63) is 0 Å². The number of nitrogens with zero attached hydrogens (tertiary/aromatic N) is 1. The van der Waals surface area contributed by atoms with E-state index in [1.165, 1.54) is 45.3 Å². The van der Waals surface area contributed by atoms with Gasteiger partial charge in [0, 0.05) is 25.2 Å². The number of piperidine rings is 1. The Hall–Kier alpha value is -0.120. The van der Waals surface area contributed by atoms with Gasteiger partial charge in [-0.05, 0) is 32.4 Å². The van der Waals surface area contributed by atoms with Crippen LogP contribution in [0.25, 0.3) is 0 Å². The van der Waals surface area contributed by atoms with Gasteiger partial charge < -0.3 is 11.1 Å². The van der Waals surface area contributed by atoms with E-state index >= 15 is 0 Å². The molecule has 1 unspecified atom stereocenters. The molecule has 0 radical (unpaired) electrons. The average molecular weight is 183 g/mol. The van der Waals surface area contributed by atoms with Gasteiger partial charge in [-0.1, -0.05) is 6.42 Å². The first-order chi connectivity index (χ1) is 6.42. The summed E-state index contributed by atoms with van der Waals surface area (Å²) in [7, 11) is 0. The first-order valence-electron chi connectivity index (χ1n) is 5.58. The lowest BCUT2D eigenvalue weighted by molar-refractivity contribution is 0.0618. The molecule has 2 aliphatic rings. The van der Waals surface area contributed by atoms with Crippen molar-refractivity contribution in [2.24, 2.45) is 5.73 Å². The molecule has 2 saturated heterocycles. The minimum atomic E-state index is 0.783. The summed E-state index contributed by atoms with van der Waals surface area (Å²) >= 11 is 0. The number of nitrogens with one attached hydrogen (secondary N) is 1. The highest BCUT2D eigenvalue weighted by molar-refractivity contribution is 4.90. The number of likely N-dealkylation sites (tertiary alicyclic amines) is 1. The summed E-state index contributed by atoms with van der Waals surface area (Å²) in [6.07, 6.45) is 5.35. The van der Waals surface area contributed by atoms with Crippen LogP contribution in [0, 0.1) is 0 Å². The molecule has 3 nitrogen and oxygen atoms in total. The highest BCUT2D eigenvalue weighted by Gasteiger charge is 2.31. The molecule has 3 N–H and O–H groups in total. The second-order valence-electron chi connectivity index (χ2n) is 4.28. The van der Waals surface area contributed by atoms with Gasteiger partial charge in [-0.25, -0.2) is 0 Å². The second kappa shape index (κ2) is 4.40. The topological polar surface area (TPSA) is 41.3 Å². The third-order valence-corrected chi connectivity index (χ3v) is 3.40. The van der Waals surface area contributed by atoms with E-state index in [4.69, 9.17) is 5.73 Å². The molecule has 0 aliphatic carbocycles. The van der Waals surface area contributed by atoms with Crippen molar-refractivity contribution < 1.29 is 0 Å². The van der Waals surface area contributed by atoms with Crippen molar-refractivity contribution in [2.45, 2.75) is 37.8 Å². The molecule has 2 aliphatic heterocycles. The van der Waals surface area contributed by atoms with Gasteiger partial charge in [-0.2, -0.15) is 0 Å². The van der Waals surface area contributed by atoms with Crippen LogP contribution in [0.5, 0.6) is 0 Å². The Morgan fingerprint density at radius 3 is 2.77 bits per heavy atom. The molecule has 0 aromatic rings. The minimum absolute atomic E-state index is 0.783. The molecule has 2 heterocycles. The standard InChI is InChI=1S/C10H21N3/c11-5-4-9-3-1-2-6-13(9)10-7-12-8-10/h9-10,12H,1-8,11H2. The predicted molar refractivity (Wildman–Crippen MR) is 54.7 cm³/mol. The van der Waals surface area contributed by atoms with Crippen LogP contribution in [0.2, 0.25) is 0 Å². The van der Waals surface area contributed by atoms with Crippen LogP contribution < -0.4 is 11.1 Å². The molecule has 3 heteroatoms. The predicted octanol–water partition coefficient (Wildman–Crippen LogP) is 0.162. The number of hydrogen-bond acceptors (Lipinski definition) is 3.